The van der Waals surface area contributed by atoms with Gasteiger partial charge in [0.05, 0.1) is 5.75 Å². The highest BCUT2D eigenvalue weighted by molar-refractivity contribution is 8.00. The van der Waals surface area contributed by atoms with E-state index in [4.69, 9.17) is 0 Å². The van der Waals surface area contributed by atoms with Crippen LogP contribution in [0.25, 0.3) is 6.08 Å². The highest BCUT2D eigenvalue weighted by atomic mass is 32.2. The van der Waals surface area contributed by atoms with Gasteiger partial charge in [0.25, 0.3) is 0 Å². The fourth-order valence-corrected chi connectivity index (χ4v) is 6.17. The minimum absolute atomic E-state index is 0.159. The third kappa shape index (κ3) is 3.72. The Labute approximate surface area is 149 Å². The lowest BCUT2D eigenvalue weighted by molar-refractivity contribution is -0.124. The number of thioether (sulfide) groups is 1. The van der Waals surface area contributed by atoms with Gasteiger partial charge in [-0.3, -0.25) is 4.79 Å². The van der Waals surface area contributed by atoms with Gasteiger partial charge < -0.3 is 5.32 Å². The molecule has 24 heavy (non-hydrogen) atoms. The van der Waals surface area contributed by atoms with Gasteiger partial charge in [-0.1, -0.05) is 42.5 Å². The summed E-state index contributed by atoms with van der Waals surface area (Å²) in [6, 6.07) is 10.3. The molecule has 4 aliphatic rings. The largest absolute Gasteiger partial charge is 0.350 e. The Hall–Kier alpha value is -1.22. The molecule has 0 saturated heterocycles. The molecule has 0 spiro atoms. The van der Waals surface area contributed by atoms with Crippen LogP contribution in [0.15, 0.2) is 36.4 Å². The summed E-state index contributed by atoms with van der Waals surface area (Å²) >= 11 is 1.71. The van der Waals surface area contributed by atoms with Crippen molar-refractivity contribution in [1.82, 2.24) is 5.32 Å². The zero-order valence-electron chi connectivity index (χ0n) is 14.2. The molecule has 0 atom stereocenters. The lowest BCUT2D eigenvalue weighted by atomic mass is 9.53. The Kier molecular flexibility index (Phi) is 4.71. The molecule has 4 fully saturated rings. The monoisotopic (exact) mass is 341 g/mol. The second kappa shape index (κ2) is 6.95. The summed E-state index contributed by atoms with van der Waals surface area (Å²) in [6.45, 7) is 0. The highest BCUT2D eigenvalue weighted by Crippen LogP contribution is 2.55. The van der Waals surface area contributed by atoms with Gasteiger partial charge in [-0.25, -0.2) is 0 Å². The zero-order chi connectivity index (χ0) is 16.4. The smallest absolute Gasteiger partial charge is 0.230 e. The Morgan fingerprint density at radius 3 is 2.33 bits per heavy atom. The van der Waals surface area contributed by atoms with Crippen LogP contribution in [0.3, 0.4) is 0 Å². The van der Waals surface area contributed by atoms with Gasteiger partial charge in [0.2, 0.25) is 5.91 Å². The number of hydrogen-bond donors (Lipinski definition) is 1. The number of benzene rings is 1. The van der Waals surface area contributed by atoms with Crippen molar-refractivity contribution in [2.75, 3.05) is 11.5 Å². The van der Waals surface area contributed by atoms with Crippen molar-refractivity contribution < 1.29 is 4.79 Å². The molecule has 0 unspecified atom stereocenters. The van der Waals surface area contributed by atoms with Crippen molar-refractivity contribution in [1.29, 1.82) is 0 Å². The first-order valence-electron chi connectivity index (χ1n) is 9.31. The zero-order valence-corrected chi connectivity index (χ0v) is 15.1. The van der Waals surface area contributed by atoms with Gasteiger partial charge in [0.15, 0.2) is 0 Å². The number of rotatable bonds is 6. The molecule has 1 aromatic rings. The van der Waals surface area contributed by atoms with Crippen LogP contribution in [0.2, 0.25) is 0 Å². The second-order valence-corrected chi connectivity index (χ2v) is 9.10. The SMILES string of the molecule is O=C(CSCC=Cc1ccccc1)NC12CC3CC(CC(C3)C1)C2. The van der Waals surface area contributed by atoms with Crippen molar-refractivity contribution in [3.63, 3.8) is 0 Å². The van der Waals surface area contributed by atoms with Crippen molar-refractivity contribution >= 4 is 23.7 Å². The molecular formula is C21H27NOS. The van der Waals surface area contributed by atoms with Crippen LogP contribution in [0.5, 0.6) is 0 Å². The molecule has 128 valence electrons. The molecule has 0 aliphatic heterocycles. The van der Waals surface area contributed by atoms with E-state index < -0.39 is 0 Å². The van der Waals surface area contributed by atoms with E-state index in [-0.39, 0.29) is 11.4 Å². The van der Waals surface area contributed by atoms with Crippen molar-refractivity contribution in [2.24, 2.45) is 17.8 Å². The Balaban J connectivity index is 1.22. The molecule has 1 amide bonds. The van der Waals surface area contributed by atoms with E-state index >= 15 is 0 Å². The van der Waals surface area contributed by atoms with Gasteiger partial charge in [0.1, 0.15) is 0 Å². The topological polar surface area (TPSA) is 29.1 Å². The van der Waals surface area contributed by atoms with E-state index in [9.17, 15) is 4.79 Å². The van der Waals surface area contributed by atoms with Crippen molar-refractivity contribution in [3.05, 3.63) is 42.0 Å². The normalized spacial score (nSPS) is 33.9. The molecule has 0 aromatic heterocycles. The second-order valence-electron chi connectivity index (χ2n) is 8.07. The van der Waals surface area contributed by atoms with E-state index in [0.717, 1.165) is 23.5 Å². The summed E-state index contributed by atoms with van der Waals surface area (Å²) in [7, 11) is 0. The van der Waals surface area contributed by atoms with Crippen molar-refractivity contribution in [3.8, 4) is 0 Å². The van der Waals surface area contributed by atoms with Crippen LogP contribution < -0.4 is 5.32 Å². The summed E-state index contributed by atoms with van der Waals surface area (Å²) in [5, 5.41) is 3.45. The average molecular weight is 342 g/mol. The maximum absolute atomic E-state index is 12.4. The summed E-state index contributed by atoms with van der Waals surface area (Å²) in [5.74, 6) is 4.38. The van der Waals surface area contributed by atoms with E-state index in [1.54, 1.807) is 11.8 Å². The first kappa shape index (κ1) is 16.3. The number of carbonyl (C=O) groups is 1. The summed E-state index contributed by atoms with van der Waals surface area (Å²) in [4.78, 5) is 12.4. The Morgan fingerprint density at radius 1 is 1.08 bits per heavy atom. The first-order chi connectivity index (χ1) is 11.7. The molecule has 1 N–H and O–H groups in total. The van der Waals surface area contributed by atoms with Crippen LogP contribution in [0, 0.1) is 17.8 Å². The van der Waals surface area contributed by atoms with Crippen LogP contribution in [-0.2, 0) is 4.79 Å². The molecule has 3 heteroatoms. The minimum Gasteiger partial charge on any atom is -0.350 e. The van der Waals surface area contributed by atoms with Gasteiger partial charge in [-0.05, 0) is 61.8 Å². The number of carbonyl (C=O) groups excluding carboxylic acids is 1. The van der Waals surface area contributed by atoms with Gasteiger partial charge >= 0.3 is 0 Å². The molecular weight excluding hydrogens is 314 g/mol. The van der Waals surface area contributed by atoms with Gasteiger partial charge in [-0.15, -0.1) is 11.8 Å². The third-order valence-corrected chi connectivity index (χ3v) is 6.89. The number of nitrogens with one attached hydrogen (secondary N) is 1. The standard InChI is InChI=1S/C21H27NOS/c23-20(15-24-8-4-7-16-5-2-1-3-6-16)22-21-12-17-9-18(13-21)11-19(10-17)14-21/h1-7,17-19H,8-15H2,(H,22,23). The van der Waals surface area contributed by atoms with E-state index in [0.29, 0.717) is 5.75 Å². The lowest BCUT2D eigenvalue weighted by Crippen LogP contribution is -2.60. The fourth-order valence-electron chi connectivity index (χ4n) is 5.56. The van der Waals surface area contributed by atoms with Crippen LogP contribution >= 0.6 is 11.8 Å². The predicted octanol–water partition coefficient (Wildman–Crippen LogP) is 4.52. The molecule has 4 bridgehead atoms. The predicted molar refractivity (Wildman–Crippen MR) is 102 cm³/mol. The van der Waals surface area contributed by atoms with Crippen LogP contribution in [0.4, 0.5) is 0 Å². The lowest BCUT2D eigenvalue weighted by Gasteiger charge is -2.56. The van der Waals surface area contributed by atoms with Crippen LogP contribution in [-0.4, -0.2) is 23.0 Å². The molecule has 0 heterocycles. The highest BCUT2D eigenvalue weighted by Gasteiger charge is 2.51. The first-order valence-corrected chi connectivity index (χ1v) is 10.5. The molecule has 2 nitrogen and oxygen atoms in total. The molecule has 0 radical (unpaired) electrons. The number of amides is 1. The summed E-state index contributed by atoms with van der Waals surface area (Å²) < 4.78 is 0. The Bertz CT molecular complexity index is 574. The fraction of sp³-hybridized carbons (Fsp3) is 0.571. The van der Waals surface area contributed by atoms with E-state index in [1.807, 2.05) is 18.2 Å². The quantitative estimate of drug-likeness (QED) is 0.771. The summed E-state index contributed by atoms with van der Waals surface area (Å²) in [5.41, 5.74) is 1.38. The van der Waals surface area contributed by atoms with E-state index in [2.05, 4.69) is 29.6 Å². The van der Waals surface area contributed by atoms with Crippen LogP contribution in [0.1, 0.15) is 44.1 Å². The molecule has 4 aliphatic carbocycles. The van der Waals surface area contributed by atoms with Crippen molar-refractivity contribution in [2.45, 2.75) is 44.1 Å². The van der Waals surface area contributed by atoms with E-state index in [1.165, 1.54) is 44.1 Å². The average Bonchev–Trinajstić information content (AvgIpc) is 2.53. The molecule has 4 saturated carbocycles. The number of hydrogen-bond acceptors (Lipinski definition) is 2. The molecule has 1 aromatic carbocycles. The minimum atomic E-state index is 0.159. The molecule has 5 rings (SSSR count). The Morgan fingerprint density at radius 2 is 1.71 bits per heavy atom. The van der Waals surface area contributed by atoms with Gasteiger partial charge in [0, 0.05) is 11.3 Å². The summed E-state index contributed by atoms with van der Waals surface area (Å²) in [6.07, 6.45) is 12.3. The maximum Gasteiger partial charge on any atom is 0.230 e. The van der Waals surface area contributed by atoms with Gasteiger partial charge in [-0.2, -0.15) is 0 Å². The third-order valence-electron chi connectivity index (χ3n) is 6.00. The maximum atomic E-state index is 12.4.